The van der Waals surface area contributed by atoms with E-state index in [9.17, 15) is 4.79 Å². The van der Waals surface area contributed by atoms with Crippen molar-refractivity contribution in [2.45, 2.75) is 19.4 Å². The third-order valence-corrected chi connectivity index (χ3v) is 3.95. The minimum atomic E-state index is -0.00854. The van der Waals surface area contributed by atoms with Crippen LogP contribution in [-0.2, 0) is 6.54 Å². The van der Waals surface area contributed by atoms with Crippen molar-refractivity contribution in [3.63, 3.8) is 0 Å². The van der Waals surface area contributed by atoms with Crippen LogP contribution in [0.4, 0.5) is 0 Å². The van der Waals surface area contributed by atoms with Gasteiger partial charge in [0, 0.05) is 32.7 Å². The lowest BCUT2D eigenvalue weighted by atomic mass is 10.2. The Kier molecular flexibility index (Phi) is 3.57. The number of furan rings is 1. The number of nitrogens with zero attached hydrogens (tertiary/aromatic N) is 2. The lowest BCUT2D eigenvalue weighted by Crippen LogP contribution is -2.49. The predicted molar refractivity (Wildman–Crippen MR) is 71.7 cm³/mol. The van der Waals surface area contributed by atoms with E-state index in [4.69, 9.17) is 10.2 Å². The Morgan fingerprint density at radius 1 is 1.26 bits per heavy atom. The Bertz CT molecular complexity index is 445. The Balaban J connectivity index is 1.53. The molecular formula is C14H21N3O2. The van der Waals surface area contributed by atoms with E-state index in [1.807, 2.05) is 4.90 Å². The van der Waals surface area contributed by atoms with E-state index in [0.717, 1.165) is 32.1 Å². The molecule has 1 aliphatic heterocycles. The van der Waals surface area contributed by atoms with Crippen LogP contribution in [0.2, 0.25) is 0 Å². The second-order valence-corrected chi connectivity index (χ2v) is 5.51. The summed E-state index contributed by atoms with van der Waals surface area (Å²) in [5.74, 6) is 1.98. The molecule has 1 aromatic rings. The molecular weight excluding hydrogens is 242 g/mol. The fourth-order valence-electron chi connectivity index (χ4n) is 2.56. The van der Waals surface area contributed by atoms with Gasteiger partial charge in [-0.15, -0.1) is 0 Å². The first-order chi connectivity index (χ1) is 9.26. The number of hydrogen-bond acceptors (Lipinski definition) is 4. The van der Waals surface area contributed by atoms with Gasteiger partial charge in [0.2, 0.25) is 0 Å². The Morgan fingerprint density at radius 3 is 2.58 bits per heavy atom. The number of nitrogens with two attached hydrogens (primary N) is 1. The summed E-state index contributed by atoms with van der Waals surface area (Å²) in [6, 6.07) is 3.50. The van der Waals surface area contributed by atoms with Gasteiger partial charge in [0.05, 0.1) is 6.54 Å². The molecule has 0 atom stereocenters. The smallest absolute Gasteiger partial charge is 0.289 e. The Morgan fingerprint density at radius 2 is 2.00 bits per heavy atom. The van der Waals surface area contributed by atoms with Crippen LogP contribution in [0.3, 0.4) is 0 Å². The van der Waals surface area contributed by atoms with Crippen molar-refractivity contribution >= 4 is 5.91 Å². The quantitative estimate of drug-likeness (QED) is 0.877. The Labute approximate surface area is 113 Å². The second kappa shape index (κ2) is 5.35. The van der Waals surface area contributed by atoms with E-state index < -0.39 is 0 Å². The normalized spacial score (nSPS) is 20.8. The van der Waals surface area contributed by atoms with Crippen molar-refractivity contribution in [3.05, 3.63) is 23.7 Å². The maximum Gasteiger partial charge on any atom is 0.289 e. The van der Waals surface area contributed by atoms with Gasteiger partial charge >= 0.3 is 0 Å². The van der Waals surface area contributed by atoms with Crippen LogP contribution in [0.1, 0.15) is 29.2 Å². The number of amides is 1. The summed E-state index contributed by atoms with van der Waals surface area (Å²) in [5, 5.41) is 0. The summed E-state index contributed by atoms with van der Waals surface area (Å²) >= 11 is 0. The summed E-state index contributed by atoms with van der Waals surface area (Å²) in [4.78, 5) is 16.6. The van der Waals surface area contributed by atoms with Crippen LogP contribution in [0.5, 0.6) is 0 Å². The monoisotopic (exact) mass is 263 g/mol. The average molecular weight is 263 g/mol. The molecule has 3 rings (SSSR count). The topological polar surface area (TPSA) is 62.7 Å². The number of hydrogen-bond donors (Lipinski definition) is 1. The van der Waals surface area contributed by atoms with Crippen molar-refractivity contribution < 1.29 is 9.21 Å². The number of piperazine rings is 1. The Hall–Kier alpha value is -1.33. The molecule has 2 aliphatic rings. The van der Waals surface area contributed by atoms with Gasteiger partial charge in [0.25, 0.3) is 5.91 Å². The molecule has 0 unspecified atom stereocenters. The summed E-state index contributed by atoms with van der Waals surface area (Å²) in [6.45, 7) is 5.09. The maximum absolute atomic E-state index is 12.2. The number of carbonyl (C=O) groups is 1. The average Bonchev–Trinajstić information content (AvgIpc) is 3.12. The van der Waals surface area contributed by atoms with Crippen molar-refractivity contribution in [2.24, 2.45) is 11.7 Å². The molecule has 19 heavy (non-hydrogen) atoms. The lowest BCUT2D eigenvalue weighted by molar-refractivity contribution is 0.0599. The number of rotatable bonds is 4. The first-order valence-corrected chi connectivity index (χ1v) is 7.06. The molecule has 0 aromatic carbocycles. The predicted octanol–water partition coefficient (Wildman–Crippen LogP) is 0.906. The van der Waals surface area contributed by atoms with E-state index in [2.05, 4.69) is 4.90 Å². The zero-order valence-corrected chi connectivity index (χ0v) is 11.2. The fourth-order valence-corrected chi connectivity index (χ4v) is 2.56. The molecule has 2 heterocycles. The molecule has 1 amide bonds. The standard InChI is InChI=1S/C14H21N3O2/c15-9-12-3-4-13(19-12)14(18)17-7-5-16(6-8-17)10-11-1-2-11/h3-4,11H,1-2,5-10,15H2. The van der Waals surface area contributed by atoms with Gasteiger partial charge in [0.15, 0.2) is 5.76 Å². The van der Waals surface area contributed by atoms with Crippen LogP contribution in [0.15, 0.2) is 16.5 Å². The van der Waals surface area contributed by atoms with Gasteiger partial charge in [-0.3, -0.25) is 9.69 Å². The molecule has 2 N–H and O–H groups in total. The zero-order chi connectivity index (χ0) is 13.2. The molecule has 104 valence electrons. The third kappa shape index (κ3) is 2.98. The first kappa shape index (κ1) is 12.7. The fraction of sp³-hybridized carbons (Fsp3) is 0.643. The van der Waals surface area contributed by atoms with E-state index >= 15 is 0 Å². The van der Waals surface area contributed by atoms with Crippen LogP contribution in [0, 0.1) is 5.92 Å². The first-order valence-electron chi connectivity index (χ1n) is 7.06. The highest BCUT2D eigenvalue weighted by Gasteiger charge is 2.28. The van der Waals surface area contributed by atoms with E-state index in [1.165, 1.54) is 19.4 Å². The minimum Gasteiger partial charge on any atom is -0.455 e. The van der Waals surface area contributed by atoms with E-state index in [0.29, 0.717) is 18.1 Å². The highest BCUT2D eigenvalue weighted by atomic mass is 16.4. The highest BCUT2D eigenvalue weighted by Crippen LogP contribution is 2.30. The summed E-state index contributed by atoms with van der Waals surface area (Å²) in [6.07, 6.45) is 2.76. The lowest BCUT2D eigenvalue weighted by Gasteiger charge is -2.34. The molecule has 5 nitrogen and oxygen atoms in total. The third-order valence-electron chi connectivity index (χ3n) is 3.95. The highest BCUT2D eigenvalue weighted by molar-refractivity contribution is 5.91. The van der Waals surface area contributed by atoms with Crippen molar-refractivity contribution in [1.82, 2.24) is 9.80 Å². The molecule has 0 bridgehead atoms. The maximum atomic E-state index is 12.2. The van der Waals surface area contributed by atoms with Gasteiger partial charge < -0.3 is 15.1 Å². The van der Waals surface area contributed by atoms with E-state index in [-0.39, 0.29) is 5.91 Å². The molecule has 1 saturated carbocycles. The van der Waals surface area contributed by atoms with Crippen molar-refractivity contribution in [3.8, 4) is 0 Å². The molecule has 2 fully saturated rings. The van der Waals surface area contributed by atoms with Gasteiger partial charge in [0.1, 0.15) is 5.76 Å². The van der Waals surface area contributed by atoms with Crippen LogP contribution in [0.25, 0.3) is 0 Å². The van der Waals surface area contributed by atoms with Crippen molar-refractivity contribution in [1.29, 1.82) is 0 Å². The summed E-state index contributed by atoms with van der Waals surface area (Å²) < 4.78 is 5.42. The number of carbonyl (C=O) groups excluding carboxylic acids is 1. The minimum absolute atomic E-state index is 0.00854. The summed E-state index contributed by atoms with van der Waals surface area (Å²) in [7, 11) is 0. The molecule has 1 saturated heterocycles. The molecule has 0 radical (unpaired) electrons. The molecule has 1 aliphatic carbocycles. The summed E-state index contributed by atoms with van der Waals surface area (Å²) in [5.41, 5.74) is 5.49. The van der Waals surface area contributed by atoms with Gasteiger partial charge in [-0.1, -0.05) is 0 Å². The van der Waals surface area contributed by atoms with Gasteiger partial charge in [-0.05, 0) is 30.9 Å². The van der Waals surface area contributed by atoms with Crippen LogP contribution in [-0.4, -0.2) is 48.4 Å². The van der Waals surface area contributed by atoms with Gasteiger partial charge in [-0.25, -0.2) is 0 Å². The van der Waals surface area contributed by atoms with Crippen LogP contribution >= 0.6 is 0 Å². The van der Waals surface area contributed by atoms with Gasteiger partial charge in [-0.2, -0.15) is 0 Å². The largest absolute Gasteiger partial charge is 0.455 e. The zero-order valence-electron chi connectivity index (χ0n) is 11.2. The molecule has 5 heteroatoms. The van der Waals surface area contributed by atoms with Crippen LogP contribution < -0.4 is 5.73 Å². The van der Waals surface area contributed by atoms with E-state index in [1.54, 1.807) is 12.1 Å². The van der Waals surface area contributed by atoms with Crippen molar-refractivity contribution in [2.75, 3.05) is 32.7 Å². The SMILES string of the molecule is NCc1ccc(C(=O)N2CCN(CC3CC3)CC2)o1. The molecule has 1 aromatic heterocycles. The molecule has 0 spiro atoms. The second-order valence-electron chi connectivity index (χ2n) is 5.51.